The van der Waals surface area contributed by atoms with Crippen LogP contribution in [-0.4, -0.2) is 29.4 Å². The van der Waals surface area contributed by atoms with E-state index in [0.29, 0.717) is 6.54 Å². The van der Waals surface area contributed by atoms with Crippen molar-refractivity contribution in [2.24, 2.45) is 17.3 Å². The van der Waals surface area contributed by atoms with Gasteiger partial charge in [-0.25, -0.2) is 0 Å². The van der Waals surface area contributed by atoms with Gasteiger partial charge in [-0.15, -0.1) is 11.6 Å². The molecule has 1 aliphatic carbocycles. The largest absolute Gasteiger partial charge is 0.481 e. The van der Waals surface area contributed by atoms with Crippen molar-refractivity contribution in [3.8, 4) is 0 Å². The predicted octanol–water partition coefficient (Wildman–Crippen LogP) is 2.26. The van der Waals surface area contributed by atoms with Gasteiger partial charge in [0, 0.05) is 12.4 Å². The van der Waals surface area contributed by atoms with E-state index in [4.69, 9.17) is 16.7 Å². The van der Waals surface area contributed by atoms with E-state index in [1.807, 2.05) is 0 Å². The van der Waals surface area contributed by atoms with Crippen molar-refractivity contribution in [2.75, 3.05) is 12.4 Å². The molecule has 1 saturated carbocycles. The molecule has 1 amide bonds. The highest BCUT2D eigenvalue weighted by Gasteiger charge is 2.32. The fourth-order valence-electron chi connectivity index (χ4n) is 2.30. The number of carbonyl (C=O) groups excluding carboxylic acids is 1. The van der Waals surface area contributed by atoms with Crippen LogP contribution >= 0.6 is 11.6 Å². The van der Waals surface area contributed by atoms with Gasteiger partial charge in [-0.05, 0) is 32.6 Å². The molecule has 0 aromatic rings. The van der Waals surface area contributed by atoms with Crippen molar-refractivity contribution in [2.45, 2.75) is 39.5 Å². The lowest BCUT2D eigenvalue weighted by Gasteiger charge is -2.30. The Labute approximate surface area is 113 Å². The first-order valence-corrected chi connectivity index (χ1v) is 6.99. The first-order chi connectivity index (χ1) is 8.38. The quantitative estimate of drug-likeness (QED) is 0.757. The summed E-state index contributed by atoms with van der Waals surface area (Å²) in [6.07, 6.45) is 3.60. The van der Waals surface area contributed by atoms with Crippen molar-refractivity contribution < 1.29 is 14.7 Å². The van der Waals surface area contributed by atoms with Crippen LogP contribution in [0.15, 0.2) is 0 Å². The number of aliphatic carboxylic acids is 1. The average molecular weight is 276 g/mol. The number of amides is 1. The highest BCUT2D eigenvalue weighted by Crippen LogP contribution is 2.30. The van der Waals surface area contributed by atoms with Gasteiger partial charge in [0.1, 0.15) is 0 Å². The minimum Gasteiger partial charge on any atom is -0.481 e. The number of hydrogen-bond donors (Lipinski definition) is 2. The van der Waals surface area contributed by atoms with Gasteiger partial charge in [0.25, 0.3) is 0 Å². The summed E-state index contributed by atoms with van der Waals surface area (Å²) >= 11 is 5.73. The van der Waals surface area contributed by atoms with Crippen LogP contribution in [0.4, 0.5) is 0 Å². The molecule has 5 heteroatoms. The minimum absolute atomic E-state index is 0.0475. The number of halogens is 1. The molecule has 4 nitrogen and oxygen atoms in total. The first-order valence-electron chi connectivity index (χ1n) is 6.45. The molecule has 18 heavy (non-hydrogen) atoms. The van der Waals surface area contributed by atoms with Gasteiger partial charge in [-0.1, -0.05) is 12.8 Å². The van der Waals surface area contributed by atoms with Crippen molar-refractivity contribution in [1.29, 1.82) is 0 Å². The van der Waals surface area contributed by atoms with Crippen LogP contribution in [0.3, 0.4) is 0 Å². The van der Waals surface area contributed by atoms with E-state index in [-0.39, 0.29) is 23.6 Å². The molecule has 1 aliphatic rings. The van der Waals surface area contributed by atoms with Crippen LogP contribution in [-0.2, 0) is 9.59 Å². The third kappa shape index (κ3) is 3.87. The van der Waals surface area contributed by atoms with E-state index >= 15 is 0 Å². The number of rotatable bonds is 5. The fraction of sp³-hybridized carbons (Fsp3) is 0.846. The zero-order chi connectivity index (χ0) is 13.8. The van der Waals surface area contributed by atoms with Crippen molar-refractivity contribution in [3.63, 3.8) is 0 Å². The summed E-state index contributed by atoms with van der Waals surface area (Å²) in [7, 11) is 0. The molecule has 1 fully saturated rings. The SMILES string of the molecule is CC(C)(CCl)C(=O)NC[C@@H]1CCCC[C@@H]1C(=O)O. The Balaban J connectivity index is 2.51. The molecular weight excluding hydrogens is 254 g/mol. The lowest BCUT2D eigenvalue weighted by molar-refractivity contribution is -0.145. The van der Waals surface area contributed by atoms with Gasteiger partial charge in [0.2, 0.25) is 5.91 Å². The number of carbonyl (C=O) groups is 2. The van der Waals surface area contributed by atoms with Gasteiger partial charge in [-0.3, -0.25) is 9.59 Å². The van der Waals surface area contributed by atoms with E-state index in [1.54, 1.807) is 13.8 Å². The van der Waals surface area contributed by atoms with Gasteiger partial charge >= 0.3 is 5.97 Å². The monoisotopic (exact) mass is 275 g/mol. The number of carboxylic acid groups (broad SMARTS) is 1. The summed E-state index contributed by atoms with van der Waals surface area (Å²) in [5.41, 5.74) is -0.602. The molecule has 0 unspecified atom stereocenters. The van der Waals surface area contributed by atoms with Crippen LogP contribution in [0.5, 0.6) is 0 Å². The number of nitrogens with one attached hydrogen (secondary N) is 1. The molecule has 0 radical (unpaired) electrons. The molecule has 104 valence electrons. The lowest BCUT2D eigenvalue weighted by Crippen LogP contribution is -2.43. The highest BCUT2D eigenvalue weighted by atomic mass is 35.5. The average Bonchev–Trinajstić information content (AvgIpc) is 2.36. The van der Waals surface area contributed by atoms with Crippen LogP contribution in [0.25, 0.3) is 0 Å². The molecule has 1 rings (SSSR count). The second-order valence-electron chi connectivity index (χ2n) is 5.72. The fourth-order valence-corrected chi connectivity index (χ4v) is 2.42. The number of hydrogen-bond acceptors (Lipinski definition) is 2. The van der Waals surface area contributed by atoms with E-state index < -0.39 is 11.4 Å². The molecule has 0 heterocycles. The third-order valence-corrected chi connectivity index (χ3v) is 4.37. The highest BCUT2D eigenvalue weighted by molar-refractivity contribution is 6.19. The van der Waals surface area contributed by atoms with Crippen LogP contribution in [0.1, 0.15) is 39.5 Å². The predicted molar refractivity (Wildman–Crippen MR) is 70.6 cm³/mol. The molecule has 2 atom stereocenters. The number of carboxylic acids is 1. The van der Waals surface area contributed by atoms with Crippen molar-refractivity contribution >= 4 is 23.5 Å². The van der Waals surface area contributed by atoms with Gasteiger partial charge < -0.3 is 10.4 Å². The standard InChI is InChI=1S/C13H22ClNO3/c1-13(2,8-14)12(18)15-7-9-5-3-4-6-10(9)11(16)17/h9-10H,3-8H2,1-2H3,(H,15,18)(H,16,17)/t9-,10-/m0/s1. The Morgan fingerprint density at radius 1 is 1.33 bits per heavy atom. The smallest absolute Gasteiger partial charge is 0.306 e. The molecule has 0 spiro atoms. The second kappa shape index (κ2) is 6.41. The summed E-state index contributed by atoms with van der Waals surface area (Å²) < 4.78 is 0. The molecule has 0 aromatic heterocycles. The van der Waals surface area contributed by atoms with Crippen molar-refractivity contribution in [3.05, 3.63) is 0 Å². The lowest BCUT2D eigenvalue weighted by atomic mass is 9.79. The Hall–Kier alpha value is -0.770. The number of alkyl halides is 1. The van der Waals surface area contributed by atoms with Crippen LogP contribution in [0, 0.1) is 17.3 Å². The summed E-state index contributed by atoms with van der Waals surface area (Å²) in [5, 5.41) is 12.0. The van der Waals surface area contributed by atoms with Crippen LogP contribution in [0.2, 0.25) is 0 Å². The van der Waals surface area contributed by atoms with Crippen molar-refractivity contribution in [1.82, 2.24) is 5.32 Å². The summed E-state index contributed by atoms with van der Waals surface area (Å²) in [4.78, 5) is 23.0. The minimum atomic E-state index is -0.745. The van der Waals surface area contributed by atoms with E-state index in [9.17, 15) is 9.59 Å². The zero-order valence-corrected chi connectivity index (χ0v) is 11.8. The summed E-state index contributed by atoms with van der Waals surface area (Å²) in [5.74, 6) is -0.867. The molecule has 2 N–H and O–H groups in total. The van der Waals surface area contributed by atoms with E-state index in [0.717, 1.165) is 25.7 Å². The molecule has 0 aromatic carbocycles. The molecule has 0 aliphatic heterocycles. The molecule has 0 saturated heterocycles. The summed E-state index contributed by atoms with van der Waals surface area (Å²) in [6, 6.07) is 0. The maximum atomic E-state index is 11.9. The Kier molecular flexibility index (Phi) is 5.45. The van der Waals surface area contributed by atoms with E-state index in [2.05, 4.69) is 5.32 Å². The first kappa shape index (κ1) is 15.3. The molecular formula is C13H22ClNO3. The maximum absolute atomic E-state index is 11.9. The van der Waals surface area contributed by atoms with Gasteiger partial charge in [-0.2, -0.15) is 0 Å². The van der Waals surface area contributed by atoms with Gasteiger partial charge in [0.15, 0.2) is 0 Å². The van der Waals surface area contributed by atoms with Crippen LogP contribution < -0.4 is 5.32 Å². The summed E-state index contributed by atoms with van der Waals surface area (Å²) in [6.45, 7) is 4.01. The second-order valence-corrected chi connectivity index (χ2v) is 5.98. The topological polar surface area (TPSA) is 66.4 Å². The molecule has 0 bridgehead atoms. The maximum Gasteiger partial charge on any atom is 0.306 e. The van der Waals surface area contributed by atoms with Gasteiger partial charge in [0.05, 0.1) is 11.3 Å². The normalized spacial score (nSPS) is 24.6. The van der Waals surface area contributed by atoms with E-state index in [1.165, 1.54) is 0 Å². The Morgan fingerprint density at radius 2 is 1.94 bits per heavy atom. The Morgan fingerprint density at radius 3 is 2.50 bits per heavy atom. The zero-order valence-electron chi connectivity index (χ0n) is 11.0. The Bertz CT molecular complexity index is 317. The third-order valence-electron chi connectivity index (χ3n) is 3.70.